The van der Waals surface area contributed by atoms with Gasteiger partial charge in [0, 0.05) is 43.6 Å². The molecule has 5 heteroatoms. The molecule has 198 valence electrons. The number of hydrogen-bond donors (Lipinski definition) is 0. The first-order valence-electron chi connectivity index (χ1n) is 13.2. The summed E-state index contributed by atoms with van der Waals surface area (Å²) in [6.45, 7) is 3.83. The smallest absolute Gasteiger partial charge is 0.308 e. The molecule has 3 aromatic rings. The lowest BCUT2D eigenvalue weighted by atomic mass is 9.90. The molecule has 0 aromatic heterocycles. The molecule has 5 nitrogen and oxygen atoms in total. The van der Waals surface area contributed by atoms with Crippen molar-refractivity contribution in [2.75, 3.05) is 20.2 Å². The molecule has 2 aliphatic rings. The van der Waals surface area contributed by atoms with Gasteiger partial charge >= 0.3 is 5.97 Å². The fourth-order valence-electron chi connectivity index (χ4n) is 5.11. The van der Waals surface area contributed by atoms with E-state index in [0.29, 0.717) is 5.75 Å². The Morgan fingerprint density at radius 1 is 0.897 bits per heavy atom. The molecule has 1 aliphatic heterocycles. The molecule has 0 unspecified atom stereocenters. The number of esters is 1. The van der Waals surface area contributed by atoms with Crippen molar-refractivity contribution in [3.63, 3.8) is 0 Å². The highest BCUT2D eigenvalue weighted by molar-refractivity contribution is 5.81. The average Bonchev–Trinajstić information content (AvgIpc) is 3.32. The van der Waals surface area contributed by atoms with E-state index in [9.17, 15) is 4.79 Å². The number of nitrogens with zero attached hydrogens (tertiary/aromatic N) is 1. The van der Waals surface area contributed by atoms with Crippen LogP contribution in [0.15, 0.2) is 114 Å². The average molecular weight is 520 g/mol. The number of methoxy groups -OCH3 is 1. The van der Waals surface area contributed by atoms with Crippen LogP contribution in [-0.4, -0.2) is 31.1 Å². The van der Waals surface area contributed by atoms with Gasteiger partial charge in [0.1, 0.15) is 11.5 Å². The number of carbonyl (C=O) groups excluding carboxylic acids is 1. The van der Waals surface area contributed by atoms with Crippen molar-refractivity contribution in [1.29, 1.82) is 0 Å². The van der Waals surface area contributed by atoms with Crippen LogP contribution in [0.5, 0.6) is 11.5 Å². The molecule has 5 rings (SSSR count). The third-order valence-corrected chi connectivity index (χ3v) is 7.04. The van der Waals surface area contributed by atoms with Crippen molar-refractivity contribution in [2.24, 2.45) is 0 Å². The minimum atomic E-state index is -0.326. The van der Waals surface area contributed by atoms with E-state index in [1.165, 1.54) is 23.6 Å². The zero-order valence-corrected chi connectivity index (χ0v) is 22.4. The first kappa shape index (κ1) is 26.3. The summed E-state index contributed by atoms with van der Waals surface area (Å²) in [5.41, 5.74) is 6.59. The third kappa shape index (κ3) is 6.57. The summed E-state index contributed by atoms with van der Waals surface area (Å²) < 4.78 is 16.4. The van der Waals surface area contributed by atoms with E-state index in [4.69, 9.17) is 13.9 Å². The summed E-state index contributed by atoms with van der Waals surface area (Å²) in [4.78, 5) is 14.4. The lowest BCUT2D eigenvalue weighted by Gasteiger charge is -2.29. The van der Waals surface area contributed by atoms with Crippen molar-refractivity contribution < 1.29 is 18.7 Å². The zero-order valence-electron chi connectivity index (χ0n) is 22.4. The maximum atomic E-state index is 11.9. The van der Waals surface area contributed by atoms with Crippen LogP contribution in [0.4, 0.5) is 0 Å². The van der Waals surface area contributed by atoms with E-state index in [0.717, 1.165) is 48.5 Å². The number of hydrogen-bond acceptors (Lipinski definition) is 5. The molecule has 0 saturated heterocycles. The van der Waals surface area contributed by atoms with E-state index in [1.807, 2.05) is 18.2 Å². The molecule has 0 amide bonds. The predicted octanol–water partition coefficient (Wildman–Crippen LogP) is 7.20. The van der Waals surface area contributed by atoms with Gasteiger partial charge < -0.3 is 13.9 Å². The van der Waals surface area contributed by atoms with E-state index >= 15 is 0 Å². The van der Waals surface area contributed by atoms with Crippen LogP contribution < -0.4 is 9.47 Å². The summed E-state index contributed by atoms with van der Waals surface area (Å²) in [6, 6.07) is 33.5. The lowest BCUT2D eigenvalue weighted by molar-refractivity contribution is -0.131. The Balaban J connectivity index is 1.45. The Morgan fingerprint density at radius 2 is 1.56 bits per heavy atom. The molecule has 3 aromatic carbocycles. The molecular formula is C34H33NO4. The third-order valence-electron chi connectivity index (χ3n) is 7.04. The van der Waals surface area contributed by atoms with Gasteiger partial charge in [-0.05, 0) is 52.9 Å². The van der Waals surface area contributed by atoms with Gasteiger partial charge in [-0.3, -0.25) is 9.69 Å². The Hall–Kier alpha value is -4.35. The Kier molecular flexibility index (Phi) is 8.39. The van der Waals surface area contributed by atoms with Crippen LogP contribution in [0.3, 0.4) is 0 Å². The van der Waals surface area contributed by atoms with Crippen LogP contribution >= 0.6 is 0 Å². The van der Waals surface area contributed by atoms with E-state index in [-0.39, 0.29) is 11.9 Å². The molecule has 0 saturated carbocycles. The van der Waals surface area contributed by atoms with Crippen molar-refractivity contribution >= 4 is 5.97 Å². The first-order chi connectivity index (χ1) is 19.1. The van der Waals surface area contributed by atoms with Crippen molar-refractivity contribution in [3.8, 4) is 22.6 Å². The fourth-order valence-corrected chi connectivity index (χ4v) is 5.11. The standard InChI is InChI=1S/C34H33NO4/c1-25(36)39-34-29(21-30-24-38-20-18-32(30)34)17-19-35(22-26-13-15-31(37-2)16-14-26)23-33(27-9-5-3-6-10-27)28-11-7-4-8-12-28/h3-16,18,20-21,24,33H,17,19,22-23H2,1-2H3. The summed E-state index contributed by atoms with van der Waals surface area (Å²) >= 11 is 0. The molecule has 0 N–H and O–H groups in total. The molecule has 0 radical (unpaired) electrons. The van der Waals surface area contributed by atoms with Gasteiger partial charge in [0.05, 0.1) is 19.6 Å². The van der Waals surface area contributed by atoms with Gasteiger partial charge in [0.2, 0.25) is 0 Å². The number of fused-ring (bicyclic) bond motifs is 1. The molecule has 0 atom stereocenters. The minimum absolute atomic E-state index is 0.205. The minimum Gasteiger partial charge on any atom is -0.497 e. The first-order valence-corrected chi connectivity index (χ1v) is 13.2. The normalized spacial score (nSPS) is 11.3. The van der Waals surface area contributed by atoms with Gasteiger partial charge in [-0.2, -0.15) is 0 Å². The van der Waals surface area contributed by atoms with Gasteiger partial charge in [0.15, 0.2) is 0 Å². The Morgan fingerprint density at radius 3 is 2.18 bits per heavy atom. The summed E-state index contributed by atoms with van der Waals surface area (Å²) in [5, 5.41) is 0. The van der Waals surface area contributed by atoms with Crippen molar-refractivity contribution in [1.82, 2.24) is 4.90 Å². The van der Waals surface area contributed by atoms with E-state index < -0.39 is 0 Å². The second-order valence-electron chi connectivity index (χ2n) is 9.73. The molecular weight excluding hydrogens is 486 g/mol. The second kappa shape index (κ2) is 12.5. The molecule has 0 bridgehead atoms. The SMILES string of the molecule is COc1ccc(CN(CCc2cc3coccc-3c2OC(C)=O)CC(c2ccccc2)c2ccccc2)cc1. The van der Waals surface area contributed by atoms with Crippen LogP contribution in [0, 0.1) is 0 Å². The quantitative estimate of drug-likeness (QED) is 0.173. The van der Waals surface area contributed by atoms with Crippen molar-refractivity contribution in [2.45, 2.75) is 25.8 Å². The molecule has 1 aliphatic carbocycles. The van der Waals surface area contributed by atoms with Gasteiger partial charge in [-0.15, -0.1) is 0 Å². The molecule has 0 spiro atoms. The number of ether oxygens (including phenoxy) is 2. The summed E-state index contributed by atoms with van der Waals surface area (Å²) in [5.74, 6) is 1.35. The van der Waals surface area contributed by atoms with Crippen LogP contribution in [0.1, 0.15) is 35.1 Å². The summed E-state index contributed by atoms with van der Waals surface area (Å²) in [6.07, 6.45) is 4.03. The molecule has 1 heterocycles. The number of rotatable bonds is 11. The van der Waals surface area contributed by atoms with E-state index in [2.05, 4.69) is 83.8 Å². The highest BCUT2D eigenvalue weighted by atomic mass is 16.5. The summed E-state index contributed by atoms with van der Waals surface area (Å²) in [7, 11) is 1.68. The monoisotopic (exact) mass is 519 g/mol. The second-order valence-corrected chi connectivity index (χ2v) is 9.73. The van der Waals surface area contributed by atoms with Crippen LogP contribution in [0.25, 0.3) is 11.1 Å². The highest BCUT2D eigenvalue weighted by Gasteiger charge is 2.22. The van der Waals surface area contributed by atoms with Gasteiger partial charge in [0.25, 0.3) is 0 Å². The largest absolute Gasteiger partial charge is 0.497 e. The van der Waals surface area contributed by atoms with Gasteiger partial charge in [-0.25, -0.2) is 0 Å². The fraction of sp³-hybridized carbons (Fsp3) is 0.206. The Labute approximate surface area is 230 Å². The van der Waals surface area contributed by atoms with Gasteiger partial charge in [-0.1, -0.05) is 72.8 Å². The maximum Gasteiger partial charge on any atom is 0.308 e. The highest BCUT2D eigenvalue weighted by Crippen LogP contribution is 2.39. The van der Waals surface area contributed by atoms with Crippen LogP contribution in [0.2, 0.25) is 0 Å². The number of carbonyl (C=O) groups is 1. The van der Waals surface area contributed by atoms with Crippen molar-refractivity contribution in [3.05, 3.63) is 132 Å². The number of benzene rings is 3. The Bertz CT molecular complexity index is 1400. The predicted molar refractivity (Wildman–Crippen MR) is 153 cm³/mol. The van der Waals surface area contributed by atoms with Crippen LogP contribution in [-0.2, 0) is 17.8 Å². The lowest BCUT2D eigenvalue weighted by Crippen LogP contribution is -2.31. The maximum absolute atomic E-state index is 11.9. The molecule has 0 fully saturated rings. The zero-order chi connectivity index (χ0) is 27.0. The molecule has 39 heavy (non-hydrogen) atoms. The van der Waals surface area contributed by atoms with E-state index in [1.54, 1.807) is 19.6 Å². The topological polar surface area (TPSA) is 51.9 Å².